The number of halogens is 2. The van der Waals surface area contributed by atoms with Gasteiger partial charge in [0.05, 0.1) is 11.6 Å². The van der Waals surface area contributed by atoms with Crippen molar-refractivity contribution in [1.29, 1.82) is 0 Å². The highest BCUT2D eigenvalue weighted by atomic mass is 35.5. The maximum absolute atomic E-state index is 6.12. The summed E-state index contributed by atoms with van der Waals surface area (Å²) < 4.78 is 5.56. The molecule has 96 valence electrons. The number of hydrogen-bond acceptors (Lipinski definition) is 2. The highest BCUT2D eigenvalue weighted by molar-refractivity contribution is 6.35. The summed E-state index contributed by atoms with van der Waals surface area (Å²) in [4.78, 5) is 0. The zero-order valence-electron chi connectivity index (χ0n) is 10.3. The van der Waals surface area contributed by atoms with Crippen LogP contribution in [-0.4, -0.2) is 12.6 Å². The molecule has 1 rings (SSSR count). The topological polar surface area (TPSA) is 35.2 Å². The standard InChI is InChI=1S/C13H19Cl2NO/c1-3-17-13-10(6-4-5-9(2)16)7-11(14)8-12(13)15/h7-9H,3-6,16H2,1-2H3. The van der Waals surface area contributed by atoms with Crippen molar-refractivity contribution in [3.05, 3.63) is 27.7 Å². The molecule has 17 heavy (non-hydrogen) atoms. The summed E-state index contributed by atoms with van der Waals surface area (Å²) in [6, 6.07) is 3.85. The van der Waals surface area contributed by atoms with Gasteiger partial charge >= 0.3 is 0 Å². The normalized spacial score (nSPS) is 12.5. The number of rotatable bonds is 6. The predicted molar refractivity (Wildman–Crippen MR) is 74.2 cm³/mol. The van der Waals surface area contributed by atoms with Gasteiger partial charge in [-0.1, -0.05) is 23.2 Å². The van der Waals surface area contributed by atoms with E-state index in [1.54, 1.807) is 6.07 Å². The van der Waals surface area contributed by atoms with Gasteiger partial charge in [0.2, 0.25) is 0 Å². The van der Waals surface area contributed by atoms with E-state index in [4.69, 9.17) is 33.7 Å². The first-order chi connectivity index (χ1) is 8.04. The SMILES string of the molecule is CCOc1c(Cl)cc(Cl)cc1CCCC(C)N. The zero-order chi connectivity index (χ0) is 12.8. The van der Waals surface area contributed by atoms with Gasteiger partial charge < -0.3 is 10.5 Å². The van der Waals surface area contributed by atoms with E-state index in [-0.39, 0.29) is 6.04 Å². The average molecular weight is 276 g/mol. The molecule has 1 unspecified atom stereocenters. The molecule has 0 aliphatic rings. The minimum absolute atomic E-state index is 0.222. The van der Waals surface area contributed by atoms with Crippen LogP contribution in [0.4, 0.5) is 0 Å². The first-order valence-corrected chi connectivity index (χ1v) is 6.66. The minimum atomic E-state index is 0.222. The van der Waals surface area contributed by atoms with Crippen LogP contribution in [0, 0.1) is 0 Å². The van der Waals surface area contributed by atoms with Crippen molar-refractivity contribution in [3.63, 3.8) is 0 Å². The van der Waals surface area contributed by atoms with E-state index < -0.39 is 0 Å². The smallest absolute Gasteiger partial charge is 0.141 e. The van der Waals surface area contributed by atoms with Crippen LogP contribution in [0.25, 0.3) is 0 Å². The summed E-state index contributed by atoms with van der Waals surface area (Å²) in [7, 11) is 0. The van der Waals surface area contributed by atoms with Gasteiger partial charge in [-0.05, 0) is 50.8 Å². The summed E-state index contributed by atoms with van der Waals surface area (Å²) in [5.41, 5.74) is 6.79. The maximum atomic E-state index is 6.12. The van der Waals surface area contributed by atoms with Crippen LogP contribution < -0.4 is 10.5 Å². The lowest BCUT2D eigenvalue weighted by atomic mass is 10.0. The zero-order valence-corrected chi connectivity index (χ0v) is 11.8. The summed E-state index contributed by atoms with van der Waals surface area (Å²) in [5, 5.41) is 1.23. The molecule has 1 aromatic carbocycles. The molecule has 1 aromatic rings. The van der Waals surface area contributed by atoms with Crippen LogP contribution in [0.5, 0.6) is 5.75 Å². The molecule has 4 heteroatoms. The Kier molecular flexibility index (Phi) is 6.10. The van der Waals surface area contributed by atoms with Gasteiger partial charge in [0.15, 0.2) is 0 Å². The van der Waals surface area contributed by atoms with E-state index in [1.165, 1.54) is 0 Å². The lowest BCUT2D eigenvalue weighted by Gasteiger charge is -2.13. The molecule has 0 heterocycles. The quantitative estimate of drug-likeness (QED) is 0.850. The second-order valence-electron chi connectivity index (χ2n) is 4.18. The molecule has 0 aliphatic carbocycles. The predicted octanol–water partition coefficient (Wildman–Crippen LogP) is 4.06. The van der Waals surface area contributed by atoms with Crippen LogP contribution in [0.1, 0.15) is 32.3 Å². The van der Waals surface area contributed by atoms with Crippen LogP contribution in [0.2, 0.25) is 10.0 Å². The van der Waals surface area contributed by atoms with Gasteiger partial charge in [-0.15, -0.1) is 0 Å². The average Bonchev–Trinajstić information content (AvgIpc) is 2.22. The van der Waals surface area contributed by atoms with E-state index in [2.05, 4.69) is 0 Å². The van der Waals surface area contributed by atoms with Crippen LogP contribution >= 0.6 is 23.2 Å². The number of benzene rings is 1. The summed E-state index contributed by atoms with van der Waals surface area (Å²) in [6.45, 7) is 4.55. The van der Waals surface area contributed by atoms with E-state index in [0.717, 1.165) is 30.6 Å². The van der Waals surface area contributed by atoms with Crippen molar-refractivity contribution < 1.29 is 4.74 Å². The molecule has 2 N–H and O–H groups in total. The van der Waals surface area contributed by atoms with E-state index in [0.29, 0.717) is 16.7 Å². The Balaban J connectivity index is 2.80. The number of nitrogens with two attached hydrogens (primary N) is 1. The molecule has 0 aliphatic heterocycles. The first-order valence-electron chi connectivity index (χ1n) is 5.91. The molecular weight excluding hydrogens is 257 g/mol. The van der Waals surface area contributed by atoms with Crippen molar-refractivity contribution in [2.24, 2.45) is 5.73 Å². The monoisotopic (exact) mass is 275 g/mol. The number of hydrogen-bond donors (Lipinski definition) is 1. The lowest BCUT2D eigenvalue weighted by molar-refractivity contribution is 0.336. The highest BCUT2D eigenvalue weighted by Crippen LogP contribution is 2.33. The van der Waals surface area contributed by atoms with Crippen molar-refractivity contribution in [2.75, 3.05) is 6.61 Å². The Bertz CT molecular complexity index is 367. The molecule has 0 saturated heterocycles. The van der Waals surface area contributed by atoms with E-state index in [9.17, 15) is 0 Å². The van der Waals surface area contributed by atoms with Crippen LogP contribution in [-0.2, 0) is 6.42 Å². The van der Waals surface area contributed by atoms with Gasteiger partial charge in [0.1, 0.15) is 5.75 Å². The second kappa shape index (κ2) is 7.10. The molecular formula is C13H19Cl2NO. The number of ether oxygens (including phenoxy) is 1. The number of aryl methyl sites for hydroxylation is 1. The highest BCUT2D eigenvalue weighted by Gasteiger charge is 2.10. The molecule has 0 saturated carbocycles. The molecule has 0 spiro atoms. The maximum Gasteiger partial charge on any atom is 0.141 e. The third-order valence-electron chi connectivity index (χ3n) is 2.48. The lowest BCUT2D eigenvalue weighted by Crippen LogP contribution is -2.14. The van der Waals surface area contributed by atoms with Crippen LogP contribution in [0.3, 0.4) is 0 Å². The Morgan fingerprint density at radius 1 is 1.35 bits per heavy atom. The summed E-state index contributed by atoms with van der Waals surface area (Å²) >= 11 is 12.1. The first kappa shape index (κ1) is 14.6. The van der Waals surface area contributed by atoms with Crippen LogP contribution in [0.15, 0.2) is 12.1 Å². The van der Waals surface area contributed by atoms with E-state index >= 15 is 0 Å². The Morgan fingerprint density at radius 2 is 2.06 bits per heavy atom. The largest absolute Gasteiger partial charge is 0.492 e. The summed E-state index contributed by atoms with van der Waals surface area (Å²) in [5.74, 6) is 0.753. The van der Waals surface area contributed by atoms with Crippen molar-refractivity contribution in [3.8, 4) is 5.75 Å². The van der Waals surface area contributed by atoms with Gasteiger partial charge in [-0.2, -0.15) is 0 Å². The Hall–Kier alpha value is -0.440. The van der Waals surface area contributed by atoms with Crippen molar-refractivity contribution in [1.82, 2.24) is 0 Å². The molecule has 0 aromatic heterocycles. The molecule has 0 bridgehead atoms. The second-order valence-corrected chi connectivity index (χ2v) is 5.02. The van der Waals surface area contributed by atoms with Gasteiger partial charge in [0, 0.05) is 11.1 Å². The third kappa shape index (κ3) is 4.74. The Morgan fingerprint density at radius 3 is 2.65 bits per heavy atom. The van der Waals surface area contributed by atoms with Gasteiger partial charge in [-0.3, -0.25) is 0 Å². The third-order valence-corrected chi connectivity index (χ3v) is 2.98. The minimum Gasteiger partial charge on any atom is -0.492 e. The Labute approximate surface area is 113 Å². The molecule has 0 amide bonds. The fraction of sp³-hybridized carbons (Fsp3) is 0.538. The molecule has 1 atom stereocenters. The molecule has 0 fully saturated rings. The fourth-order valence-corrected chi connectivity index (χ4v) is 2.31. The fourth-order valence-electron chi connectivity index (χ4n) is 1.72. The summed E-state index contributed by atoms with van der Waals surface area (Å²) in [6.07, 6.45) is 2.88. The van der Waals surface area contributed by atoms with Crippen molar-refractivity contribution >= 4 is 23.2 Å². The molecule has 0 radical (unpaired) electrons. The molecule has 2 nitrogen and oxygen atoms in total. The van der Waals surface area contributed by atoms with Gasteiger partial charge in [-0.25, -0.2) is 0 Å². The van der Waals surface area contributed by atoms with Gasteiger partial charge in [0.25, 0.3) is 0 Å². The van der Waals surface area contributed by atoms with Crippen molar-refractivity contribution in [2.45, 2.75) is 39.2 Å². The van der Waals surface area contributed by atoms with E-state index in [1.807, 2.05) is 19.9 Å².